The van der Waals surface area contributed by atoms with Crippen molar-refractivity contribution in [1.82, 2.24) is 14.5 Å². The Labute approximate surface area is 129 Å². The highest BCUT2D eigenvalue weighted by molar-refractivity contribution is 7.89. The molecule has 0 saturated carbocycles. The predicted molar refractivity (Wildman–Crippen MR) is 81.4 cm³/mol. The van der Waals surface area contributed by atoms with Crippen molar-refractivity contribution >= 4 is 21.6 Å². The lowest BCUT2D eigenvalue weighted by molar-refractivity contribution is 0.581. The lowest BCUT2D eigenvalue weighted by Crippen LogP contribution is -2.26. The summed E-state index contributed by atoms with van der Waals surface area (Å²) in [5.41, 5.74) is 7.24. The number of halogens is 1. The number of sulfonamides is 1. The lowest BCUT2D eigenvalue weighted by Gasteiger charge is -2.09. The van der Waals surface area contributed by atoms with Crippen molar-refractivity contribution in [3.8, 4) is 0 Å². The van der Waals surface area contributed by atoms with Gasteiger partial charge in [0.2, 0.25) is 10.0 Å². The monoisotopic (exact) mass is 328 g/mol. The van der Waals surface area contributed by atoms with Gasteiger partial charge < -0.3 is 5.73 Å². The van der Waals surface area contributed by atoms with Gasteiger partial charge in [0, 0.05) is 26.3 Å². The largest absolute Gasteiger partial charge is 0.326 e. The zero-order chi connectivity index (χ0) is 15.5. The Morgan fingerprint density at radius 1 is 1.38 bits per heavy atom. The normalized spacial score (nSPS) is 11.8. The van der Waals surface area contributed by atoms with Crippen LogP contribution in [0, 0.1) is 0 Å². The van der Waals surface area contributed by atoms with Gasteiger partial charge in [0.25, 0.3) is 0 Å². The topological polar surface area (TPSA) is 90.0 Å². The van der Waals surface area contributed by atoms with Crippen LogP contribution in [0.2, 0.25) is 5.02 Å². The van der Waals surface area contributed by atoms with E-state index in [4.69, 9.17) is 17.3 Å². The number of benzene rings is 1. The molecule has 0 unspecified atom stereocenters. The molecule has 0 saturated heterocycles. The van der Waals surface area contributed by atoms with E-state index < -0.39 is 10.0 Å². The summed E-state index contributed by atoms with van der Waals surface area (Å²) in [6, 6.07) is 4.69. The molecule has 8 heteroatoms. The molecule has 2 rings (SSSR count). The Bertz CT molecular complexity index is 728. The summed E-state index contributed by atoms with van der Waals surface area (Å²) in [4.78, 5) is 0.0625. The standard InChI is InChI=1S/C13H17ClN4O2S/c1-18-9-11(8-16-18)4-5-17-21(19,20)13-3-2-10(7-15)6-12(13)14/h2-3,6,8-9,17H,4-5,7,15H2,1H3. The highest BCUT2D eigenvalue weighted by Crippen LogP contribution is 2.22. The minimum absolute atomic E-state index is 0.0625. The third-order valence-corrected chi connectivity index (χ3v) is 4.93. The summed E-state index contributed by atoms with van der Waals surface area (Å²) >= 11 is 6.00. The number of hydrogen-bond donors (Lipinski definition) is 2. The molecular weight excluding hydrogens is 312 g/mol. The third-order valence-electron chi connectivity index (χ3n) is 2.99. The van der Waals surface area contributed by atoms with Gasteiger partial charge in [-0.25, -0.2) is 13.1 Å². The van der Waals surface area contributed by atoms with E-state index in [0.717, 1.165) is 11.1 Å². The highest BCUT2D eigenvalue weighted by Gasteiger charge is 2.17. The minimum Gasteiger partial charge on any atom is -0.326 e. The average molecular weight is 329 g/mol. The SMILES string of the molecule is Cn1cc(CCNS(=O)(=O)c2ccc(CN)cc2Cl)cn1. The Morgan fingerprint density at radius 3 is 2.71 bits per heavy atom. The maximum Gasteiger partial charge on any atom is 0.242 e. The van der Waals surface area contributed by atoms with Gasteiger partial charge in [0.1, 0.15) is 4.90 Å². The third kappa shape index (κ3) is 4.04. The van der Waals surface area contributed by atoms with Crippen molar-refractivity contribution in [2.75, 3.05) is 6.54 Å². The van der Waals surface area contributed by atoms with Crippen molar-refractivity contribution in [2.24, 2.45) is 12.8 Å². The summed E-state index contributed by atoms with van der Waals surface area (Å²) in [5, 5.41) is 4.20. The van der Waals surface area contributed by atoms with Crippen LogP contribution in [-0.4, -0.2) is 24.7 Å². The molecule has 0 aliphatic carbocycles. The van der Waals surface area contributed by atoms with Crippen LogP contribution in [0.4, 0.5) is 0 Å². The van der Waals surface area contributed by atoms with E-state index >= 15 is 0 Å². The first kappa shape index (κ1) is 16.0. The van der Waals surface area contributed by atoms with E-state index in [-0.39, 0.29) is 16.5 Å². The molecule has 1 heterocycles. The number of aromatic nitrogens is 2. The zero-order valence-electron chi connectivity index (χ0n) is 11.6. The molecule has 2 aromatic rings. The van der Waals surface area contributed by atoms with Crippen LogP contribution in [0.25, 0.3) is 0 Å². The average Bonchev–Trinajstić information content (AvgIpc) is 2.83. The number of nitrogens with two attached hydrogens (primary N) is 1. The summed E-state index contributed by atoms with van der Waals surface area (Å²) in [7, 11) is -1.82. The van der Waals surface area contributed by atoms with Gasteiger partial charge >= 0.3 is 0 Å². The molecule has 1 aromatic heterocycles. The number of nitrogens with one attached hydrogen (secondary N) is 1. The summed E-state index contributed by atoms with van der Waals surface area (Å²) in [6.07, 6.45) is 4.11. The number of aryl methyl sites for hydroxylation is 1. The zero-order valence-corrected chi connectivity index (χ0v) is 13.2. The van der Waals surface area contributed by atoms with Crippen LogP contribution in [0.5, 0.6) is 0 Å². The molecule has 114 valence electrons. The minimum atomic E-state index is -3.63. The van der Waals surface area contributed by atoms with Gasteiger partial charge in [-0.1, -0.05) is 17.7 Å². The first-order chi connectivity index (χ1) is 9.92. The molecule has 0 aliphatic rings. The van der Waals surface area contributed by atoms with E-state index in [2.05, 4.69) is 9.82 Å². The fourth-order valence-corrected chi connectivity index (χ4v) is 3.49. The van der Waals surface area contributed by atoms with Crippen LogP contribution in [-0.2, 0) is 30.0 Å². The van der Waals surface area contributed by atoms with Crippen LogP contribution in [0.1, 0.15) is 11.1 Å². The molecule has 3 N–H and O–H groups in total. The van der Waals surface area contributed by atoms with Crippen LogP contribution in [0.15, 0.2) is 35.5 Å². The summed E-state index contributed by atoms with van der Waals surface area (Å²) in [5.74, 6) is 0. The Morgan fingerprint density at radius 2 is 2.14 bits per heavy atom. The number of rotatable bonds is 6. The first-order valence-corrected chi connectivity index (χ1v) is 8.24. The molecule has 0 atom stereocenters. The molecular formula is C13H17ClN4O2S. The van der Waals surface area contributed by atoms with Crippen molar-refractivity contribution in [2.45, 2.75) is 17.9 Å². The quantitative estimate of drug-likeness (QED) is 0.829. The molecule has 6 nitrogen and oxygen atoms in total. The van der Waals surface area contributed by atoms with Crippen molar-refractivity contribution in [3.63, 3.8) is 0 Å². The van der Waals surface area contributed by atoms with Crippen LogP contribution < -0.4 is 10.5 Å². The molecule has 0 spiro atoms. The smallest absolute Gasteiger partial charge is 0.242 e. The Hall–Kier alpha value is -1.41. The fourth-order valence-electron chi connectivity index (χ4n) is 1.90. The molecule has 0 amide bonds. The van der Waals surface area contributed by atoms with Gasteiger partial charge in [0.05, 0.1) is 11.2 Å². The van der Waals surface area contributed by atoms with Crippen molar-refractivity contribution in [3.05, 3.63) is 46.7 Å². The molecule has 0 bridgehead atoms. The Kier molecular flexibility index (Phi) is 5.00. The van der Waals surface area contributed by atoms with Gasteiger partial charge in [-0.05, 0) is 29.7 Å². The molecule has 1 aromatic carbocycles. The molecule has 0 aliphatic heterocycles. The van der Waals surface area contributed by atoms with Crippen molar-refractivity contribution in [1.29, 1.82) is 0 Å². The Balaban J connectivity index is 2.04. The lowest BCUT2D eigenvalue weighted by atomic mass is 10.2. The van der Waals surface area contributed by atoms with Gasteiger partial charge in [-0.3, -0.25) is 4.68 Å². The maximum absolute atomic E-state index is 12.2. The second kappa shape index (κ2) is 6.57. The van der Waals surface area contributed by atoms with E-state index in [1.807, 2.05) is 13.2 Å². The second-order valence-corrected chi connectivity index (χ2v) is 6.78. The van der Waals surface area contributed by atoms with Gasteiger partial charge in [-0.15, -0.1) is 0 Å². The van der Waals surface area contributed by atoms with Crippen molar-refractivity contribution < 1.29 is 8.42 Å². The maximum atomic E-state index is 12.2. The van der Waals surface area contributed by atoms with Gasteiger partial charge in [-0.2, -0.15) is 5.10 Å². The van der Waals surface area contributed by atoms with E-state index in [1.165, 1.54) is 6.07 Å². The van der Waals surface area contributed by atoms with Crippen LogP contribution >= 0.6 is 11.6 Å². The molecule has 0 fully saturated rings. The predicted octanol–water partition coefficient (Wildman–Crippen LogP) is 1.05. The molecule has 21 heavy (non-hydrogen) atoms. The highest BCUT2D eigenvalue weighted by atomic mass is 35.5. The van der Waals surface area contributed by atoms with E-state index in [1.54, 1.807) is 23.0 Å². The number of nitrogens with zero attached hydrogens (tertiary/aromatic N) is 2. The van der Waals surface area contributed by atoms with Gasteiger partial charge in [0.15, 0.2) is 0 Å². The fraction of sp³-hybridized carbons (Fsp3) is 0.308. The second-order valence-electron chi connectivity index (χ2n) is 4.64. The van der Waals surface area contributed by atoms with Crippen LogP contribution in [0.3, 0.4) is 0 Å². The van der Waals surface area contributed by atoms with E-state index in [0.29, 0.717) is 13.0 Å². The number of hydrogen-bond acceptors (Lipinski definition) is 4. The summed E-state index contributed by atoms with van der Waals surface area (Å²) in [6.45, 7) is 0.595. The first-order valence-electron chi connectivity index (χ1n) is 6.38. The van der Waals surface area contributed by atoms with E-state index in [9.17, 15) is 8.42 Å². The summed E-state index contributed by atoms with van der Waals surface area (Å²) < 4.78 is 28.6. The molecule has 0 radical (unpaired) electrons.